The van der Waals surface area contributed by atoms with Crippen LogP contribution in [0.2, 0.25) is 0 Å². The van der Waals surface area contributed by atoms with Crippen LogP contribution in [0.1, 0.15) is 41.6 Å². The number of carboxylic acid groups (broad SMARTS) is 1. The minimum atomic E-state index is -1.35. The first-order chi connectivity index (χ1) is 15.7. The number of rotatable bonds is 7. The van der Waals surface area contributed by atoms with Crippen molar-refractivity contribution >= 4 is 53.2 Å². The Labute approximate surface area is 220 Å². The van der Waals surface area contributed by atoms with E-state index in [1.165, 1.54) is 18.1 Å². The van der Waals surface area contributed by atoms with Crippen molar-refractivity contribution in [2.45, 2.75) is 38.8 Å². The summed E-state index contributed by atoms with van der Waals surface area (Å²) in [6, 6.07) is 12.4. The second kappa shape index (κ2) is 12.0. The van der Waals surface area contributed by atoms with Gasteiger partial charge in [0.25, 0.3) is 5.91 Å². The van der Waals surface area contributed by atoms with Crippen LogP contribution >= 0.6 is 0 Å². The molecule has 9 heteroatoms. The predicted octanol–water partition coefficient (Wildman–Crippen LogP) is 2.07. The van der Waals surface area contributed by atoms with E-state index in [9.17, 15) is 24.3 Å². The summed E-state index contributed by atoms with van der Waals surface area (Å²) in [4.78, 5) is 50.0. The van der Waals surface area contributed by atoms with Crippen molar-refractivity contribution in [2.24, 2.45) is 0 Å². The van der Waals surface area contributed by atoms with Gasteiger partial charge in [-0.2, -0.15) is 0 Å². The van der Waals surface area contributed by atoms with E-state index in [1.807, 2.05) is 49.4 Å². The zero-order valence-electron chi connectivity index (χ0n) is 18.8. The Morgan fingerprint density at radius 2 is 1.79 bits per heavy atom. The van der Waals surface area contributed by atoms with E-state index in [2.05, 4.69) is 10.6 Å². The Bertz CT molecular complexity index is 1130. The number of carboxylic acids is 1. The number of benzene rings is 2. The van der Waals surface area contributed by atoms with Crippen molar-refractivity contribution in [3.8, 4) is 0 Å². The summed E-state index contributed by atoms with van der Waals surface area (Å²) < 4.78 is 0. The van der Waals surface area contributed by atoms with Crippen LogP contribution in [0.25, 0.3) is 0 Å². The van der Waals surface area contributed by atoms with Crippen molar-refractivity contribution in [2.75, 3.05) is 7.05 Å². The van der Waals surface area contributed by atoms with Gasteiger partial charge in [-0.05, 0) is 42.5 Å². The Morgan fingerprint density at radius 3 is 2.47 bits per heavy atom. The Kier molecular flexibility index (Phi) is 9.61. The number of hydrogen-bond donors (Lipinski definition) is 3. The van der Waals surface area contributed by atoms with Crippen LogP contribution in [0.4, 0.5) is 4.79 Å². The summed E-state index contributed by atoms with van der Waals surface area (Å²) >= 11 is 0. The van der Waals surface area contributed by atoms with Crippen molar-refractivity contribution < 1.29 is 24.3 Å². The second-order valence-corrected chi connectivity index (χ2v) is 8.18. The van der Waals surface area contributed by atoms with Gasteiger partial charge in [0.1, 0.15) is 0 Å². The van der Waals surface area contributed by atoms with Gasteiger partial charge >= 0.3 is 41.6 Å². The van der Waals surface area contributed by atoms with E-state index < -0.39 is 35.8 Å². The molecule has 2 aromatic carbocycles. The molecule has 2 atom stereocenters. The molecule has 1 aliphatic heterocycles. The number of amides is 3. The fourth-order valence-electron chi connectivity index (χ4n) is 3.79. The molecule has 2 aromatic rings. The zero-order chi connectivity index (χ0) is 24.1. The van der Waals surface area contributed by atoms with Gasteiger partial charge in [0.2, 0.25) is 0 Å². The van der Waals surface area contributed by atoms with Crippen LogP contribution < -0.4 is 10.6 Å². The van der Waals surface area contributed by atoms with Gasteiger partial charge in [0, 0.05) is 18.8 Å². The molecule has 2 unspecified atom stereocenters. The van der Waals surface area contributed by atoms with Crippen LogP contribution in [-0.2, 0) is 20.8 Å². The molecule has 8 nitrogen and oxygen atoms in total. The molecule has 174 valence electrons. The molecular formula is C25H28N3NaO5. The van der Waals surface area contributed by atoms with Gasteiger partial charge < -0.3 is 20.6 Å². The molecule has 1 aliphatic rings. The fraction of sp³-hybridized carbons (Fsp3) is 0.280. The topological polar surface area (TPSA) is 116 Å². The van der Waals surface area contributed by atoms with E-state index in [1.54, 1.807) is 13.0 Å². The third-order valence-corrected chi connectivity index (χ3v) is 5.60. The number of aryl methyl sites for hydroxylation is 1. The summed E-state index contributed by atoms with van der Waals surface area (Å²) in [6.45, 7) is 3.59. The van der Waals surface area contributed by atoms with E-state index in [0.717, 1.165) is 16.7 Å². The number of aliphatic carboxylic acids is 1. The first-order valence-electron chi connectivity index (χ1n) is 10.6. The Morgan fingerprint density at radius 1 is 1.09 bits per heavy atom. The predicted molar refractivity (Wildman–Crippen MR) is 130 cm³/mol. The number of urea groups is 1. The minimum absolute atomic E-state index is 0. The molecule has 0 bridgehead atoms. The maximum absolute atomic E-state index is 12.6. The molecule has 3 amide bonds. The van der Waals surface area contributed by atoms with Gasteiger partial charge in [-0.25, -0.2) is 4.79 Å². The number of hydrogen-bond acceptors (Lipinski definition) is 4. The third kappa shape index (κ3) is 6.79. The number of ketones is 1. The van der Waals surface area contributed by atoms with Crippen LogP contribution in [0.15, 0.2) is 60.3 Å². The summed E-state index contributed by atoms with van der Waals surface area (Å²) in [5.74, 6) is -2.15. The SMILES string of the molecule is CC1=CN(C)C(=O)C(NC(=O)NC(CC(=O)O)c2cccc(Cc3ccccc3C)c2)C1=O.[NaH]. The first-order valence-corrected chi connectivity index (χ1v) is 10.6. The number of likely N-dealkylation sites (N-methyl/N-ethyl adjacent to an activating group) is 1. The number of Topliss-reactive ketones (excluding diaryl/α,β-unsaturated/α-hetero) is 1. The first kappa shape index (κ1) is 27.3. The zero-order valence-corrected chi connectivity index (χ0v) is 18.8. The molecule has 34 heavy (non-hydrogen) atoms. The number of carbonyl (C=O) groups excluding carboxylic acids is 3. The van der Waals surface area contributed by atoms with Crippen LogP contribution in [0.5, 0.6) is 0 Å². The molecule has 0 saturated carbocycles. The quantitative estimate of drug-likeness (QED) is 0.421. The van der Waals surface area contributed by atoms with E-state index >= 15 is 0 Å². The van der Waals surface area contributed by atoms with Crippen molar-refractivity contribution in [3.63, 3.8) is 0 Å². The van der Waals surface area contributed by atoms with E-state index in [4.69, 9.17) is 0 Å². The van der Waals surface area contributed by atoms with Gasteiger partial charge in [0.15, 0.2) is 11.8 Å². The average Bonchev–Trinajstić information content (AvgIpc) is 2.76. The molecule has 0 saturated heterocycles. The number of nitrogens with one attached hydrogen (secondary N) is 2. The Balaban J connectivity index is 0.00000408. The van der Waals surface area contributed by atoms with Crippen molar-refractivity contribution in [3.05, 3.63) is 82.6 Å². The monoisotopic (exact) mass is 473 g/mol. The third-order valence-electron chi connectivity index (χ3n) is 5.60. The molecule has 0 spiro atoms. The normalized spacial score (nSPS) is 16.3. The summed E-state index contributed by atoms with van der Waals surface area (Å²) in [5, 5.41) is 14.4. The molecule has 0 aliphatic carbocycles. The number of nitrogens with zero attached hydrogens (tertiary/aromatic N) is 1. The maximum atomic E-state index is 12.6. The standard InChI is InChI=1S/C25H27N3O5.Na.H/c1-15-7-4-5-9-18(15)11-17-8-6-10-19(12-17)20(13-21(29)30)26-25(33)27-22-23(31)16(2)14-28(3)24(22)32;;/h4-10,12,14,20,22H,11,13H2,1-3H3,(H,29,30)(H2,26,27,33);;. The molecule has 0 radical (unpaired) electrons. The molecular weight excluding hydrogens is 445 g/mol. The summed E-state index contributed by atoms with van der Waals surface area (Å²) in [5.41, 5.74) is 4.23. The van der Waals surface area contributed by atoms with Crippen LogP contribution in [0, 0.1) is 6.92 Å². The molecule has 3 rings (SSSR count). The number of carbonyl (C=O) groups is 4. The van der Waals surface area contributed by atoms with E-state index in [0.29, 0.717) is 17.6 Å². The average molecular weight is 474 g/mol. The molecule has 3 N–H and O–H groups in total. The van der Waals surface area contributed by atoms with Crippen LogP contribution in [-0.4, -0.2) is 76.3 Å². The molecule has 0 fully saturated rings. The molecule has 0 aromatic heterocycles. The molecule has 1 heterocycles. The van der Waals surface area contributed by atoms with Crippen molar-refractivity contribution in [1.82, 2.24) is 15.5 Å². The Hall–Kier alpha value is -2.94. The fourth-order valence-corrected chi connectivity index (χ4v) is 3.79. The van der Waals surface area contributed by atoms with Crippen LogP contribution in [0.3, 0.4) is 0 Å². The van der Waals surface area contributed by atoms with Crippen molar-refractivity contribution in [1.29, 1.82) is 0 Å². The summed E-state index contributed by atoms with van der Waals surface area (Å²) in [7, 11) is 1.50. The van der Waals surface area contributed by atoms with Gasteiger partial charge in [-0.1, -0.05) is 48.5 Å². The second-order valence-electron chi connectivity index (χ2n) is 8.18. The van der Waals surface area contributed by atoms with Gasteiger partial charge in [0.05, 0.1) is 12.5 Å². The van der Waals surface area contributed by atoms with Gasteiger partial charge in [-0.3, -0.25) is 14.4 Å². The van der Waals surface area contributed by atoms with E-state index in [-0.39, 0.29) is 36.0 Å². The summed E-state index contributed by atoms with van der Waals surface area (Å²) in [6.07, 6.45) is 1.72. The van der Waals surface area contributed by atoms with Gasteiger partial charge in [-0.15, -0.1) is 0 Å².